The minimum absolute atomic E-state index is 0.175. The maximum Gasteiger partial charge on any atom is 0.0704 e. The number of ether oxygens (including phenoxy) is 2. The molecule has 0 radical (unpaired) electrons. The average Bonchev–Trinajstić information content (AvgIpc) is 2.99. The van der Waals surface area contributed by atoms with Crippen LogP contribution in [0, 0.1) is 0 Å². The standard InChI is InChI=1S/C12H22O2S2/c1-12(15)4-2-3-10(7-12)14-6-5-13-8-11-9-16-11/h10-11,15H,2-9H2,1H3. The molecule has 2 nitrogen and oxygen atoms in total. The van der Waals surface area contributed by atoms with Gasteiger partial charge in [-0.05, 0) is 25.7 Å². The molecule has 0 aromatic rings. The molecule has 2 fully saturated rings. The number of hydrogen-bond acceptors (Lipinski definition) is 4. The molecule has 1 saturated heterocycles. The Morgan fingerprint density at radius 2 is 2.25 bits per heavy atom. The van der Waals surface area contributed by atoms with Crippen LogP contribution in [0.4, 0.5) is 0 Å². The summed E-state index contributed by atoms with van der Waals surface area (Å²) in [7, 11) is 0. The molecule has 2 aliphatic rings. The smallest absolute Gasteiger partial charge is 0.0704 e. The maximum absolute atomic E-state index is 5.84. The van der Waals surface area contributed by atoms with E-state index < -0.39 is 0 Å². The Bertz CT molecular complexity index is 217. The third-order valence-electron chi connectivity index (χ3n) is 3.20. The second kappa shape index (κ2) is 5.98. The Hall–Kier alpha value is 0.620. The van der Waals surface area contributed by atoms with Gasteiger partial charge in [0.05, 0.1) is 25.9 Å². The Morgan fingerprint density at radius 3 is 2.94 bits per heavy atom. The molecule has 0 bridgehead atoms. The minimum Gasteiger partial charge on any atom is -0.378 e. The summed E-state index contributed by atoms with van der Waals surface area (Å²) in [5, 5.41) is 0.774. The van der Waals surface area contributed by atoms with Crippen LogP contribution >= 0.6 is 24.4 Å². The molecule has 0 aromatic heterocycles. The highest BCUT2D eigenvalue weighted by Gasteiger charge is 2.29. The van der Waals surface area contributed by atoms with Crippen molar-refractivity contribution >= 4 is 24.4 Å². The van der Waals surface area contributed by atoms with Crippen LogP contribution in [0.2, 0.25) is 0 Å². The zero-order valence-corrected chi connectivity index (χ0v) is 11.7. The predicted molar refractivity (Wildman–Crippen MR) is 72.7 cm³/mol. The van der Waals surface area contributed by atoms with Crippen LogP contribution in [-0.4, -0.2) is 41.7 Å². The Labute approximate surface area is 108 Å². The Morgan fingerprint density at radius 1 is 1.44 bits per heavy atom. The van der Waals surface area contributed by atoms with Gasteiger partial charge in [-0.3, -0.25) is 0 Å². The molecule has 0 aromatic carbocycles. The summed E-state index contributed by atoms with van der Waals surface area (Å²) >= 11 is 6.64. The molecule has 1 saturated carbocycles. The molecule has 94 valence electrons. The van der Waals surface area contributed by atoms with Crippen molar-refractivity contribution < 1.29 is 9.47 Å². The van der Waals surface area contributed by atoms with Gasteiger partial charge in [0.25, 0.3) is 0 Å². The number of hydrogen-bond donors (Lipinski definition) is 1. The van der Waals surface area contributed by atoms with Crippen molar-refractivity contribution in [1.82, 2.24) is 0 Å². The highest BCUT2D eigenvalue weighted by molar-refractivity contribution is 8.06. The second-order valence-electron chi connectivity index (χ2n) is 5.12. The fourth-order valence-corrected chi connectivity index (χ4v) is 2.99. The number of rotatable bonds is 6. The van der Waals surface area contributed by atoms with Crippen molar-refractivity contribution in [3.8, 4) is 0 Å². The molecule has 2 rings (SSSR count). The monoisotopic (exact) mass is 262 g/mol. The van der Waals surface area contributed by atoms with E-state index >= 15 is 0 Å². The third-order valence-corrected chi connectivity index (χ3v) is 4.54. The van der Waals surface area contributed by atoms with Crippen molar-refractivity contribution in [1.29, 1.82) is 0 Å². The van der Waals surface area contributed by atoms with E-state index in [4.69, 9.17) is 9.47 Å². The molecule has 1 heterocycles. The van der Waals surface area contributed by atoms with Crippen LogP contribution in [0.15, 0.2) is 0 Å². The summed E-state index contributed by atoms with van der Waals surface area (Å²) < 4.78 is 11.6. The van der Waals surface area contributed by atoms with Gasteiger partial charge in [0.2, 0.25) is 0 Å². The second-order valence-corrected chi connectivity index (χ2v) is 7.53. The fraction of sp³-hybridized carbons (Fsp3) is 1.00. The van der Waals surface area contributed by atoms with E-state index in [2.05, 4.69) is 19.6 Å². The van der Waals surface area contributed by atoms with Gasteiger partial charge in [0.1, 0.15) is 0 Å². The van der Waals surface area contributed by atoms with Crippen LogP contribution in [0.25, 0.3) is 0 Å². The van der Waals surface area contributed by atoms with E-state index in [1.807, 2.05) is 11.8 Å². The van der Waals surface area contributed by atoms with Crippen LogP contribution < -0.4 is 0 Å². The van der Waals surface area contributed by atoms with Crippen molar-refractivity contribution in [2.45, 2.75) is 48.7 Å². The normalized spacial score (nSPS) is 38.6. The molecule has 1 aliphatic carbocycles. The van der Waals surface area contributed by atoms with Crippen molar-refractivity contribution in [3.63, 3.8) is 0 Å². The molecule has 0 amide bonds. The zero-order valence-electron chi connectivity index (χ0n) is 9.98. The van der Waals surface area contributed by atoms with Gasteiger partial charge in [-0.2, -0.15) is 24.4 Å². The molecular weight excluding hydrogens is 240 g/mol. The number of thiol groups is 1. The zero-order chi connectivity index (χ0) is 11.4. The van der Waals surface area contributed by atoms with Crippen LogP contribution in [0.3, 0.4) is 0 Å². The van der Waals surface area contributed by atoms with Crippen LogP contribution in [-0.2, 0) is 9.47 Å². The first-order valence-corrected chi connectivity index (χ1v) is 7.69. The van der Waals surface area contributed by atoms with E-state index in [1.165, 1.54) is 25.0 Å². The van der Waals surface area contributed by atoms with Crippen molar-refractivity contribution in [2.75, 3.05) is 25.6 Å². The molecule has 3 atom stereocenters. The van der Waals surface area contributed by atoms with E-state index in [9.17, 15) is 0 Å². The van der Waals surface area contributed by atoms with E-state index in [-0.39, 0.29) is 4.75 Å². The van der Waals surface area contributed by atoms with Gasteiger partial charge in [-0.15, -0.1) is 0 Å². The molecule has 0 N–H and O–H groups in total. The van der Waals surface area contributed by atoms with E-state index in [0.717, 1.165) is 31.5 Å². The lowest BCUT2D eigenvalue weighted by molar-refractivity contribution is -0.0133. The summed E-state index contributed by atoms with van der Waals surface area (Å²) in [4.78, 5) is 0. The number of thioether (sulfide) groups is 1. The summed E-state index contributed by atoms with van der Waals surface area (Å²) in [6, 6.07) is 0. The SMILES string of the molecule is CC1(S)CCCC(OCCOCC2CS2)C1. The van der Waals surface area contributed by atoms with Gasteiger partial charge < -0.3 is 9.47 Å². The largest absolute Gasteiger partial charge is 0.378 e. The molecule has 16 heavy (non-hydrogen) atoms. The first kappa shape index (κ1) is 13.1. The molecule has 4 heteroatoms. The third kappa shape index (κ3) is 4.86. The molecular formula is C12H22O2S2. The molecule has 1 aliphatic heterocycles. The van der Waals surface area contributed by atoms with Crippen LogP contribution in [0.5, 0.6) is 0 Å². The van der Waals surface area contributed by atoms with Crippen molar-refractivity contribution in [3.05, 3.63) is 0 Å². The lowest BCUT2D eigenvalue weighted by Gasteiger charge is -2.34. The first-order valence-electron chi connectivity index (χ1n) is 6.19. The van der Waals surface area contributed by atoms with Gasteiger partial charge in [0, 0.05) is 15.7 Å². The highest BCUT2D eigenvalue weighted by atomic mass is 32.2. The lowest BCUT2D eigenvalue weighted by atomic mass is 9.88. The summed E-state index contributed by atoms with van der Waals surface area (Å²) in [6.45, 7) is 4.61. The minimum atomic E-state index is 0.175. The van der Waals surface area contributed by atoms with Gasteiger partial charge in [-0.25, -0.2) is 0 Å². The predicted octanol–water partition coefficient (Wildman–Crippen LogP) is 2.77. The lowest BCUT2D eigenvalue weighted by Crippen LogP contribution is -2.32. The Balaban J connectivity index is 1.51. The first-order chi connectivity index (χ1) is 7.66. The summed E-state index contributed by atoms with van der Waals surface area (Å²) in [5.74, 6) is 1.28. The van der Waals surface area contributed by atoms with Gasteiger partial charge in [0.15, 0.2) is 0 Å². The van der Waals surface area contributed by atoms with E-state index in [0.29, 0.717) is 6.10 Å². The quantitative estimate of drug-likeness (QED) is 0.451. The molecule has 3 unspecified atom stereocenters. The Kier molecular flexibility index (Phi) is 4.89. The average molecular weight is 262 g/mol. The van der Waals surface area contributed by atoms with Gasteiger partial charge in [-0.1, -0.05) is 6.92 Å². The van der Waals surface area contributed by atoms with Crippen molar-refractivity contribution in [2.24, 2.45) is 0 Å². The summed E-state index contributed by atoms with van der Waals surface area (Å²) in [5.41, 5.74) is 0. The molecule has 0 spiro atoms. The van der Waals surface area contributed by atoms with Crippen LogP contribution in [0.1, 0.15) is 32.6 Å². The highest BCUT2D eigenvalue weighted by Crippen LogP contribution is 2.34. The maximum atomic E-state index is 5.84. The fourth-order valence-electron chi connectivity index (χ4n) is 2.20. The van der Waals surface area contributed by atoms with Gasteiger partial charge >= 0.3 is 0 Å². The topological polar surface area (TPSA) is 18.5 Å². The van der Waals surface area contributed by atoms with E-state index in [1.54, 1.807) is 0 Å². The summed E-state index contributed by atoms with van der Waals surface area (Å²) in [6.07, 6.45) is 5.12.